The number of nitrogens with one attached hydrogen (secondary N) is 2. The third kappa shape index (κ3) is 5.10. The second kappa shape index (κ2) is 6.75. The lowest BCUT2D eigenvalue weighted by molar-refractivity contribution is 0.0873. The van der Waals surface area contributed by atoms with Gasteiger partial charge in [0.05, 0.1) is 0 Å². The summed E-state index contributed by atoms with van der Waals surface area (Å²) < 4.78 is 5.44. The molecule has 1 aromatic carbocycles. The van der Waals surface area contributed by atoms with Crippen molar-refractivity contribution in [2.45, 2.75) is 57.7 Å². The van der Waals surface area contributed by atoms with Crippen molar-refractivity contribution in [3.05, 3.63) is 42.5 Å². The van der Waals surface area contributed by atoms with E-state index in [1.54, 1.807) is 18.2 Å². The predicted molar refractivity (Wildman–Crippen MR) is 93.9 cm³/mol. The molecule has 2 rings (SSSR count). The van der Waals surface area contributed by atoms with Crippen LogP contribution < -0.4 is 15.4 Å². The van der Waals surface area contributed by atoms with Crippen LogP contribution in [-0.4, -0.2) is 29.6 Å². The second-order valence-corrected chi connectivity index (χ2v) is 7.60. The molecule has 4 heteroatoms. The van der Waals surface area contributed by atoms with Crippen LogP contribution in [0.1, 0.15) is 50.9 Å². The van der Waals surface area contributed by atoms with E-state index in [4.69, 9.17) is 4.74 Å². The average Bonchev–Trinajstić information content (AvgIpc) is 2.42. The normalized spacial score (nSPS) is 19.8. The van der Waals surface area contributed by atoms with Gasteiger partial charge in [0.1, 0.15) is 12.4 Å². The summed E-state index contributed by atoms with van der Waals surface area (Å²) in [7, 11) is 0. The maximum absolute atomic E-state index is 12.5. The molecule has 0 unspecified atom stereocenters. The molecule has 0 spiro atoms. The van der Waals surface area contributed by atoms with Gasteiger partial charge >= 0.3 is 0 Å². The summed E-state index contributed by atoms with van der Waals surface area (Å²) in [6, 6.07) is 7.39. The predicted octanol–water partition coefficient (Wildman–Crippen LogP) is 3.29. The minimum atomic E-state index is -0.0289. The molecule has 0 bridgehead atoms. The Bertz CT molecular complexity index is 545. The van der Waals surface area contributed by atoms with E-state index in [1.165, 1.54) is 0 Å². The molecule has 1 heterocycles. The topological polar surface area (TPSA) is 50.4 Å². The van der Waals surface area contributed by atoms with Crippen molar-refractivity contribution >= 4 is 5.91 Å². The summed E-state index contributed by atoms with van der Waals surface area (Å²) in [4.78, 5) is 12.5. The van der Waals surface area contributed by atoms with E-state index >= 15 is 0 Å². The van der Waals surface area contributed by atoms with Gasteiger partial charge in [-0.2, -0.15) is 0 Å². The Hall–Kier alpha value is -1.81. The summed E-state index contributed by atoms with van der Waals surface area (Å²) in [6.07, 6.45) is 3.53. The molecule has 1 aliphatic heterocycles. The summed E-state index contributed by atoms with van der Waals surface area (Å²) >= 11 is 0. The first-order valence-corrected chi connectivity index (χ1v) is 8.15. The zero-order chi connectivity index (χ0) is 17.1. The smallest absolute Gasteiger partial charge is 0.251 e. The van der Waals surface area contributed by atoms with E-state index < -0.39 is 0 Å². The summed E-state index contributed by atoms with van der Waals surface area (Å²) in [5.74, 6) is 0.712. The van der Waals surface area contributed by atoms with Crippen molar-refractivity contribution in [3.8, 4) is 5.75 Å². The molecule has 126 valence electrons. The molecule has 2 N–H and O–H groups in total. The van der Waals surface area contributed by atoms with Crippen molar-refractivity contribution in [1.82, 2.24) is 10.6 Å². The van der Waals surface area contributed by atoms with Crippen LogP contribution in [-0.2, 0) is 0 Å². The number of carbonyl (C=O) groups excluding carboxylic acids is 1. The number of rotatable bonds is 5. The molecule has 1 fully saturated rings. The third-order valence-electron chi connectivity index (χ3n) is 4.01. The number of ether oxygens (including phenoxy) is 1. The summed E-state index contributed by atoms with van der Waals surface area (Å²) in [6.45, 7) is 12.8. The Balaban J connectivity index is 1.99. The average molecular weight is 316 g/mol. The van der Waals surface area contributed by atoms with Crippen LogP contribution in [0.15, 0.2) is 36.9 Å². The van der Waals surface area contributed by atoms with Crippen LogP contribution in [0.3, 0.4) is 0 Å². The minimum Gasteiger partial charge on any atom is -0.490 e. The number of benzene rings is 1. The van der Waals surface area contributed by atoms with Crippen molar-refractivity contribution in [2.75, 3.05) is 6.61 Å². The molecular formula is C19H28N2O2. The molecule has 1 aromatic rings. The zero-order valence-corrected chi connectivity index (χ0v) is 14.6. The Morgan fingerprint density at radius 3 is 2.35 bits per heavy atom. The minimum absolute atomic E-state index is 0.0160. The molecule has 0 aromatic heterocycles. The fourth-order valence-corrected chi connectivity index (χ4v) is 3.55. The number of piperidine rings is 1. The van der Waals surface area contributed by atoms with Crippen LogP contribution in [0.2, 0.25) is 0 Å². The lowest BCUT2D eigenvalue weighted by Crippen LogP contribution is -2.62. The van der Waals surface area contributed by atoms with Gasteiger partial charge in [-0.05, 0) is 64.8 Å². The Kier molecular flexibility index (Phi) is 5.15. The Labute approximate surface area is 139 Å². The van der Waals surface area contributed by atoms with Gasteiger partial charge in [-0.25, -0.2) is 0 Å². The lowest BCUT2D eigenvalue weighted by atomic mass is 9.79. The van der Waals surface area contributed by atoms with E-state index in [9.17, 15) is 4.79 Å². The van der Waals surface area contributed by atoms with Crippen molar-refractivity contribution in [1.29, 1.82) is 0 Å². The highest BCUT2D eigenvalue weighted by atomic mass is 16.5. The zero-order valence-electron chi connectivity index (χ0n) is 14.6. The highest BCUT2D eigenvalue weighted by molar-refractivity contribution is 5.94. The van der Waals surface area contributed by atoms with E-state index in [0.29, 0.717) is 12.2 Å². The quantitative estimate of drug-likeness (QED) is 0.820. The summed E-state index contributed by atoms with van der Waals surface area (Å²) in [5.41, 5.74) is 0.689. The first kappa shape index (κ1) is 17.5. The van der Waals surface area contributed by atoms with Gasteiger partial charge in [0.15, 0.2) is 0 Å². The van der Waals surface area contributed by atoms with Crippen LogP contribution in [0.4, 0.5) is 0 Å². The highest BCUT2D eigenvalue weighted by Crippen LogP contribution is 2.28. The molecule has 0 saturated carbocycles. The van der Waals surface area contributed by atoms with Gasteiger partial charge in [-0.3, -0.25) is 4.79 Å². The molecule has 1 aliphatic rings. The molecule has 1 amide bonds. The number of carbonyl (C=O) groups is 1. The molecule has 4 nitrogen and oxygen atoms in total. The van der Waals surface area contributed by atoms with E-state index in [2.05, 4.69) is 44.9 Å². The van der Waals surface area contributed by atoms with Crippen LogP contribution in [0.5, 0.6) is 5.75 Å². The SMILES string of the molecule is C=CCOc1ccc(C(=O)NC2CC(C)(C)NC(C)(C)C2)cc1. The largest absolute Gasteiger partial charge is 0.490 e. The van der Waals surface area contributed by atoms with Gasteiger partial charge in [0, 0.05) is 22.7 Å². The maximum Gasteiger partial charge on any atom is 0.251 e. The standard InChI is InChI=1S/C19H28N2O2/c1-6-11-23-16-9-7-14(8-10-16)17(22)20-15-12-18(2,3)21-19(4,5)13-15/h6-10,15,21H,1,11-13H2,2-5H3,(H,20,22). The Morgan fingerprint density at radius 1 is 1.26 bits per heavy atom. The molecule has 0 aliphatic carbocycles. The van der Waals surface area contributed by atoms with E-state index in [0.717, 1.165) is 18.6 Å². The lowest BCUT2D eigenvalue weighted by Gasteiger charge is -2.46. The van der Waals surface area contributed by atoms with Gasteiger partial charge in [-0.1, -0.05) is 12.7 Å². The molecular weight excluding hydrogens is 288 g/mol. The molecule has 1 saturated heterocycles. The van der Waals surface area contributed by atoms with Crippen molar-refractivity contribution in [2.24, 2.45) is 0 Å². The van der Waals surface area contributed by atoms with E-state index in [-0.39, 0.29) is 23.0 Å². The van der Waals surface area contributed by atoms with Gasteiger partial charge in [-0.15, -0.1) is 0 Å². The summed E-state index contributed by atoms with van der Waals surface area (Å²) in [5, 5.41) is 6.80. The van der Waals surface area contributed by atoms with Gasteiger partial charge in [0.2, 0.25) is 0 Å². The first-order valence-electron chi connectivity index (χ1n) is 8.15. The number of hydrogen-bond acceptors (Lipinski definition) is 3. The number of amides is 1. The van der Waals surface area contributed by atoms with E-state index in [1.807, 2.05) is 12.1 Å². The maximum atomic E-state index is 12.5. The fourth-order valence-electron chi connectivity index (χ4n) is 3.55. The third-order valence-corrected chi connectivity index (χ3v) is 4.01. The fraction of sp³-hybridized carbons (Fsp3) is 0.526. The monoisotopic (exact) mass is 316 g/mol. The molecule has 0 atom stereocenters. The Morgan fingerprint density at radius 2 is 1.83 bits per heavy atom. The molecule has 23 heavy (non-hydrogen) atoms. The van der Waals surface area contributed by atoms with Crippen LogP contribution in [0.25, 0.3) is 0 Å². The van der Waals surface area contributed by atoms with Crippen molar-refractivity contribution < 1.29 is 9.53 Å². The van der Waals surface area contributed by atoms with Crippen LogP contribution in [0, 0.1) is 0 Å². The number of hydrogen-bond donors (Lipinski definition) is 2. The molecule has 0 radical (unpaired) electrons. The second-order valence-electron chi connectivity index (χ2n) is 7.60. The van der Waals surface area contributed by atoms with Crippen molar-refractivity contribution in [3.63, 3.8) is 0 Å². The first-order chi connectivity index (χ1) is 10.7. The highest BCUT2D eigenvalue weighted by Gasteiger charge is 2.38. The van der Waals surface area contributed by atoms with Gasteiger partial charge < -0.3 is 15.4 Å². The van der Waals surface area contributed by atoms with Gasteiger partial charge in [0.25, 0.3) is 5.91 Å². The van der Waals surface area contributed by atoms with Crippen LogP contribution >= 0.6 is 0 Å².